The molecule has 3 aromatic rings. The third-order valence-corrected chi connectivity index (χ3v) is 7.21. The first-order valence-corrected chi connectivity index (χ1v) is 11.2. The number of aliphatic hydroxyl groups is 1. The summed E-state index contributed by atoms with van der Waals surface area (Å²) in [6.07, 6.45) is 1.39. The zero-order valence-corrected chi connectivity index (χ0v) is 17.8. The Balaban J connectivity index is 1.45. The molecule has 0 radical (unpaired) electrons. The summed E-state index contributed by atoms with van der Waals surface area (Å²) < 4.78 is 12.3. The zero-order valence-electron chi connectivity index (χ0n) is 16.2. The molecule has 0 aliphatic carbocycles. The second-order valence-electron chi connectivity index (χ2n) is 7.97. The monoisotopic (exact) mass is 426 g/mol. The lowest BCUT2D eigenvalue weighted by Crippen LogP contribution is -2.43. The van der Waals surface area contributed by atoms with Crippen molar-refractivity contribution in [3.05, 3.63) is 81.2 Å². The van der Waals surface area contributed by atoms with Crippen LogP contribution < -0.4 is 0 Å². The van der Waals surface area contributed by atoms with Gasteiger partial charge in [-0.25, -0.2) is 0 Å². The first-order valence-electron chi connectivity index (χ1n) is 9.98. The van der Waals surface area contributed by atoms with Crippen molar-refractivity contribution in [2.75, 3.05) is 0 Å². The van der Waals surface area contributed by atoms with Crippen molar-refractivity contribution in [1.82, 2.24) is 0 Å². The molecule has 0 saturated carbocycles. The van der Waals surface area contributed by atoms with E-state index in [2.05, 4.69) is 42.5 Å². The normalized spacial score (nSPS) is 26.0. The van der Waals surface area contributed by atoms with E-state index in [0.29, 0.717) is 19.4 Å². The maximum Gasteiger partial charge on any atom is 0.198 e. The van der Waals surface area contributed by atoms with E-state index in [1.165, 1.54) is 15.3 Å². The fraction of sp³-hybridized carbons (Fsp3) is 0.333. The topological polar surface area (TPSA) is 38.7 Å². The molecular formula is C24H23ClO3S. The van der Waals surface area contributed by atoms with Gasteiger partial charge in [-0.05, 0) is 54.3 Å². The highest BCUT2D eigenvalue weighted by atomic mass is 35.5. The van der Waals surface area contributed by atoms with Crippen molar-refractivity contribution in [1.29, 1.82) is 0 Å². The molecule has 3 heterocycles. The van der Waals surface area contributed by atoms with Crippen molar-refractivity contribution in [3.63, 3.8) is 0 Å². The second kappa shape index (κ2) is 7.53. The number of thiophene rings is 1. The number of benzene rings is 2. The Morgan fingerprint density at radius 3 is 2.79 bits per heavy atom. The molecule has 5 heteroatoms. The second-order valence-corrected chi connectivity index (χ2v) is 9.55. The van der Waals surface area contributed by atoms with E-state index < -0.39 is 11.9 Å². The highest BCUT2D eigenvalue weighted by Crippen LogP contribution is 2.47. The van der Waals surface area contributed by atoms with Gasteiger partial charge in [0.1, 0.15) is 0 Å². The largest absolute Gasteiger partial charge is 0.393 e. The van der Waals surface area contributed by atoms with Gasteiger partial charge in [0.05, 0.1) is 18.8 Å². The lowest BCUT2D eigenvalue weighted by molar-refractivity contribution is -0.295. The van der Waals surface area contributed by atoms with Gasteiger partial charge in [-0.3, -0.25) is 0 Å². The van der Waals surface area contributed by atoms with Crippen LogP contribution in [0.25, 0.3) is 10.4 Å². The van der Waals surface area contributed by atoms with Gasteiger partial charge in [0.15, 0.2) is 5.79 Å². The average Bonchev–Trinajstić information content (AvgIpc) is 3.28. The van der Waals surface area contributed by atoms with Crippen LogP contribution in [-0.4, -0.2) is 17.3 Å². The van der Waals surface area contributed by atoms with Gasteiger partial charge in [0, 0.05) is 33.2 Å². The summed E-state index contributed by atoms with van der Waals surface area (Å²) in [5.41, 5.74) is 4.36. The molecule has 1 fully saturated rings. The number of hydrogen-bond acceptors (Lipinski definition) is 4. The smallest absolute Gasteiger partial charge is 0.198 e. The third-order valence-electron chi connectivity index (χ3n) is 5.73. The van der Waals surface area contributed by atoms with E-state index in [-0.39, 0.29) is 6.10 Å². The Morgan fingerprint density at radius 1 is 1.17 bits per heavy atom. The van der Waals surface area contributed by atoms with Gasteiger partial charge in [-0.15, -0.1) is 11.3 Å². The molecule has 0 bridgehead atoms. The van der Waals surface area contributed by atoms with Crippen molar-refractivity contribution in [3.8, 4) is 10.4 Å². The third kappa shape index (κ3) is 3.65. The van der Waals surface area contributed by atoms with E-state index in [4.69, 9.17) is 21.1 Å². The van der Waals surface area contributed by atoms with E-state index in [9.17, 15) is 5.11 Å². The van der Waals surface area contributed by atoms with Crippen LogP contribution in [0.1, 0.15) is 41.3 Å². The molecule has 2 aromatic carbocycles. The van der Waals surface area contributed by atoms with Crippen LogP contribution in [0.3, 0.4) is 0 Å². The molecule has 3 atom stereocenters. The molecule has 5 rings (SSSR count). The predicted molar refractivity (Wildman–Crippen MR) is 116 cm³/mol. The fourth-order valence-corrected chi connectivity index (χ4v) is 5.71. The van der Waals surface area contributed by atoms with Crippen molar-refractivity contribution < 1.29 is 14.6 Å². The van der Waals surface area contributed by atoms with Crippen molar-refractivity contribution >= 4 is 22.9 Å². The number of fused-ring (bicyclic) bond motifs is 2. The van der Waals surface area contributed by atoms with Crippen LogP contribution in [0.15, 0.2) is 54.6 Å². The minimum Gasteiger partial charge on any atom is -0.393 e. The van der Waals surface area contributed by atoms with Crippen molar-refractivity contribution in [2.45, 2.75) is 50.8 Å². The number of ether oxygens (including phenoxy) is 2. The number of rotatable bonds is 3. The first kappa shape index (κ1) is 19.3. The maximum atomic E-state index is 10.3. The lowest BCUT2D eigenvalue weighted by Gasteiger charge is -2.39. The SMILES string of the molecule is CC1CC(O)C[C@@]2(OCc3cc(Cl)c(Cc4ccc(-c5ccccc5)s4)cc32)O1. The lowest BCUT2D eigenvalue weighted by atomic mass is 9.90. The highest BCUT2D eigenvalue weighted by Gasteiger charge is 2.47. The molecule has 1 saturated heterocycles. The molecule has 29 heavy (non-hydrogen) atoms. The summed E-state index contributed by atoms with van der Waals surface area (Å²) in [5, 5.41) is 11.1. The fourth-order valence-electron chi connectivity index (χ4n) is 4.42. The summed E-state index contributed by atoms with van der Waals surface area (Å²) >= 11 is 8.41. The minimum atomic E-state index is -0.851. The standard InChI is InChI=1S/C24H23ClO3S/c1-15-9-19(26)13-24(28-15)21-11-17(22(25)12-18(21)14-27-24)10-20-7-8-23(29-20)16-5-3-2-4-6-16/h2-8,11-12,15,19,26H,9-10,13-14H2,1H3/t15?,19?,24-/m1/s1. The van der Waals surface area contributed by atoms with Crippen LogP contribution in [0.2, 0.25) is 5.02 Å². The van der Waals surface area contributed by atoms with Crippen molar-refractivity contribution in [2.24, 2.45) is 0 Å². The Labute approximate surface area is 179 Å². The molecule has 0 amide bonds. The summed E-state index contributed by atoms with van der Waals surface area (Å²) in [6.45, 7) is 2.45. The molecule has 2 unspecified atom stereocenters. The predicted octanol–water partition coefficient (Wildman–Crippen LogP) is 5.90. The van der Waals surface area contributed by atoms with Gasteiger partial charge in [-0.2, -0.15) is 0 Å². The minimum absolute atomic E-state index is 0.0467. The number of halogens is 1. The van der Waals surface area contributed by atoms with Crippen LogP contribution in [0.5, 0.6) is 0 Å². The van der Waals surface area contributed by atoms with E-state index >= 15 is 0 Å². The molecule has 1 N–H and O–H groups in total. The van der Waals surface area contributed by atoms with Gasteiger partial charge >= 0.3 is 0 Å². The summed E-state index contributed by atoms with van der Waals surface area (Å²) in [6, 6.07) is 18.9. The average molecular weight is 427 g/mol. The van der Waals surface area contributed by atoms with Gasteiger partial charge in [0.2, 0.25) is 0 Å². The maximum absolute atomic E-state index is 10.3. The van der Waals surface area contributed by atoms with Gasteiger partial charge < -0.3 is 14.6 Å². The van der Waals surface area contributed by atoms with E-state index in [1.807, 2.05) is 19.1 Å². The molecule has 150 valence electrons. The van der Waals surface area contributed by atoms with Crippen LogP contribution >= 0.6 is 22.9 Å². The molecule has 1 aromatic heterocycles. The van der Waals surface area contributed by atoms with Gasteiger partial charge in [0.25, 0.3) is 0 Å². The summed E-state index contributed by atoms with van der Waals surface area (Å²) in [7, 11) is 0. The zero-order chi connectivity index (χ0) is 20.0. The molecule has 3 nitrogen and oxygen atoms in total. The van der Waals surface area contributed by atoms with Crippen LogP contribution in [-0.2, 0) is 28.3 Å². The Morgan fingerprint density at radius 2 is 2.00 bits per heavy atom. The highest BCUT2D eigenvalue weighted by molar-refractivity contribution is 7.15. The molecular weight excluding hydrogens is 404 g/mol. The number of aliphatic hydroxyl groups excluding tert-OH is 1. The quantitative estimate of drug-likeness (QED) is 0.566. The molecule has 2 aliphatic rings. The Bertz CT molecular complexity index is 1020. The summed E-state index contributed by atoms with van der Waals surface area (Å²) in [4.78, 5) is 2.52. The van der Waals surface area contributed by atoms with Gasteiger partial charge in [-0.1, -0.05) is 41.9 Å². The Kier molecular flexibility index (Phi) is 5.01. The Hall–Kier alpha value is -1.69. The first-order chi connectivity index (χ1) is 14.0. The van der Waals surface area contributed by atoms with Crippen LogP contribution in [0.4, 0.5) is 0 Å². The molecule has 2 aliphatic heterocycles. The number of hydrogen-bond donors (Lipinski definition) is 1. The van der Waals surface area contributed by atoms with E-state index in [0.717, 1.165) is 28.1 Å². The van der Waals surface area contributed by atoms with E-state index in [1.54, 1.807) is 11.3 Å². The summed E-state index contributed by atoms with van der Waals surface area (Å²) in [5.74, 6) is -0.851. The van der Waals surface area contributed by atoms with Crippen LogP contribution in [0, 0.1) is 0 Å². The molecule has 1 spiro atoms.